The highest BCUT2D eigenvalue weighted by molar-refractivity contribution is 5.95. The van der Waals surface area contributed by atoms with Crippen LogP contribution in [0.2, 0.25) is 0 Å². The van der Waals surface area contributed by atoms with E-state index in [0.29, 0.717) is 13.0 Å². The van der Waals surface area contributed by atoms with Gasteiger partial charge in [0.05, 0.1) is 17.2 Å². The number of nitrogen functional groups attached to an aromatic ring is 1. The van der Waals surface area contributed by atoms with Crippen LogP contribution in [0.1, 0.15) is 36.2 Å². The molecule has 2 atom stereocenters. The lowest BCUT2D eigenvalue weighted by Gasteiger charge is -2.29. The molecule has 0 saturated carbocycles. The summed E-state index contributed by atoms with van der Waals surface area (Å²) in [7, 11) is 0. The minimum Gasteiger partial charge on any atom is -0.398 e. The number of amides is 1. The van der Waals surface area contributed by atoms with Crippen LogP contribution in [-0.4, -0.2) is 24.2 Å². The van der Waals surface area contributed by atoms with E-state index in [1.165, 1.54) is 6.07 Å². The average molecular weight is 302 g/mol. The monoisotopic (exact) mass is 302 g/mol. The molecule has 4 nitrogen and oxygen atoms in total. The van der Waals surface area contributed by atoms with Crippen molar-refractivity contribution in [2.24, 2.45) is 0 Å². The number of nitrogens with two attached hydrogens (primary N) is 1. The molecule has 3 N–H and O–H groups in total. The van der Waals surface area contributed by atoms with Crippen LogP contribution in [0.25, 0.3) is 0 Å². The van der Waals surface area contributed by atoms with E-state index in [0.717, 1.165) is 12.1 Å². The van der Waals surface area contributed by atoms with Crippen molar-refractivity contribution in [1.82, 2.24) is 5.32 Å². The summed E-state index contributed by atoms with van der Waals surface area (Å²) in [5, 5.41) is 2.75. The van der Waals surface area contributed by atoms with Gasteiger partial charge >= 0.3 is 6.18 Å². The van der Waals surface area contributed by atoms with Gasteiger partial charge in [-0.3, -0.25) is 4.79 Å². The van der Waals surface area contributed by atoms with Gasteiger partial charge in [-0.05, 0) is 38.5 Å². The van der Waals surface area contributed by atoms with Crippen molar-refractivity contribution >= 4 is 11.6 Å². The molecular weight excluding hydrogens is 285 g/mol. The molecule has 1 amide bonds. The number of anilines is 1. The minimum absolute atomic E-state index is 0.0724. The standard InChI is InChI=1S/C14H17F3N2O2/c1-8-13(2,5-6-21-8)19-12(20)9-3-4-11(18)10(7-9)14(15,16)17/h3-4,7-8H,5-6,18H2,1-2H3,(H,19,20). The van der Waals surface area contributed by atoms with Crippen LogP contribution >= 0.6 is 0 Å². The molecular formula is C14H17F3N2O2. The van der Waals surface area contributed by atoms with Gasteiger partial charge < -0.3 is 15.8 Å². The van der Waals surface area contributed by atoms with E-state index >= 15 is 0 Å². The third-order valence-corrected chi connectivity index (χ3v) is 3.91. The maximum atomic E-state index is 12.8. The highest BCUT2D eigenvalue weighted by Crippen LogP contribution is 2.34. The molecule has 1 aliphatic heterocycles. The van der Waals surface area contributed by atoms with Gasteiger partial charge in [0.2, 0.25) is 0 Å². The first kappa shape index (κ1) is 15.6. The summed E-state index contributed by atoms with van der Waals surface area (Å²) in [5.41, 5.74) is 3.25. The molecule has 1 heterocycles. The summed E-state index contributed by atoms with van der Waals surface area (Å²) in [5.74, 6) is -0.569. The molecule has 0 aromatic heterocycles. The van der Waals surface area contributed by atoms with Gasteiger partial charge in [0.1, 0.15) is 0 Å². The van der Waals surface area contributed by atoms with Crippen LogP contribution in [-0.2, 0) is 10.9 Å². The second-order valence-corrected chi connectivity index (χ2v) is 5.43. The van der Waals surface area contributed by atoms with E-state index in [1.807, 2.05) is 13.8 Å². The van der Waals surface area contributed by atoms with Crippen LogP contribution in [0.3, 0.4) is 0 Å². The first-order valence-electron chi connectivity index (χ1n) is 6.54. The van der Waals surface area contributed by atoms with Crippen molar-refractivity contribution in [3.05, 3.63) is 29.3 Å². The quantitative estimate of drug-likeness (QED) is 0.825. The number of hydrogen-bond acceptors (Lipinski definition) is 3. The SMILES string of the molecule is CC1OCCC1(C)NC(=O)c1ccc(N)c(C(F)(F)F)c1. The van der Waals surface area contributed by atoms with Crippen molar-refractivity contribution in [2.45, 2.75) is 38.1 Å². The van der Waals surface area contributed by atoms with Crippen LogP contribution < -0.4 is 11.1 Å². The summed E-state index contributed by atoms with van der Waals surface area (Å²) in [6.07, 6.45) is -4.17. The Kier molecular flexibility index (Phi) is 3.88. The Morgan fingerprint density at radius 1 is 1.48 bits per heavy atom. The van der Waals surface area contributed by atoms with Crippen molar-refractivity contribution in [1.29, 1.82) is 0 Å². The van der Waals surface area contributed by atoms with Gasteiger partial charge in [0.25, 0.3) is 5.91 Å². The predicted octanol–water partition coefficient (Wildman–Crippen LogP) is 2.58. The number of halogens is 3. The fourth-order valence-corrected chi connectivity index (χ4v) is 2.27. The Bertz CT molecular complexity index is 560. The van der Waals surface area contributed by atoms with Crippen LogP contribution in [0.4, 0.5) is 18.9 Å². The van der Waals surface area contributed by atoms with E-state index in [4.69, 9.17) is 10.5 Å². The number of nitrogens with one attached hydrogen (secondary N) is 1. The third-order valence-electron chi connectivity index (χ3n) is 3.91. The number of hydrogen-bond donors (Lipinski definition) is 2. The third kappa shape index (κ3) is 3.12. The first-order chi connectivity index (χ1) is 9.63. The lowest BCUT2D eigenvalue weighted by atomic mass is 9.94. The lowest BCUT2D eigenvalue weighted by Crippen LogP contribution is -2.50. The van der Waals surface area contributed by atoms with Crippen molar-refractivity contribution in [3.63, 3.8) is 0 Å². The number of benzene rings is 1. The smallest absolute Gasteiger partial charge is 0.398 e. The zero-order chi connectivity index (χ0) is 15.8. The van der Waals surface area contributed by atoms with Gasteiger partial charge in [0, 0.05) is 17.9 Å². The zero-order valence-electron chi connectivity index (χ0n) is 11.8. The Morgan fingerprint density at radius 3 is 2.67 bits per heavy atom. The molecule has 0 bridgehead atoms. The molecule has 0 aliphatic carbocycles. The van der Waals surface area contributed by atoms with Crippen LogP contribution in [0.5, 0.6) is 0 Å². The highest BCUT2D eigenvalue weighted by atomic mass is 19.4. The molecule has 1 saturated heterocycles. The Balaban J connectivity index is 2.24. The van der Waals surface area contributed by atoms with Gasteiger partial charge in [-0.1, -0.05) is 0 Å². The van der Waals surface area contributed by atoms with Crippen molar-refractivity contribution in [3.8, 4) is 0 Å². The molecule has 0 spiro atoms. The Morgan fingerprint density at radius 2 is 2.14 bits per heavy atom. The summed E-state index contributed by atoms with van der Waals surface area (Å²) >= 11 is 0. The maximum absolute atomic E-state index is 12.8. The summed E-state index contributed by atoms with van der Waals surface area (Å²) in [4.78, 5) is 12.2. The number of carbonyl (C=O) groups is 1. The molecule has 1 aliphatic rings. The van der Waals surface area contributed by atoms with Crippen molar-refractivity contribution in [2.75, 3.05) is 12.3 Å². The molecule has 0 radical (unpaired) electrons. The molecule has 21 heavy (non-hydrogen) atoms. The Hall–Kier alpha value is -1.76. The molecule has 2 rings (SSSR count). The normalized spacial score (nSPS) is 25.9. The van der Waals surface area contributed by atoms with Gasteiger partial charge in [-0.15, -0.1) is 0 Å². The van der Waals surface area contributed by atoms with Crippen LogP contribution in [0.15, 0.2) is 18.2 Å². The lowest BCUT2D eigenvalue weighted by molar-refractivity contribution is -0.136. The predicted molar refractivity (Wildman–Crippen MR) is 71.8 cm³/mol. The van der Waals surface area contributed by atoms with E-state index < -0.39 is 28.9 Å². The van der Waals surface area contributed by atoms with E-state index in [2.05, 4.69) is 5.32 Å². The van der Waals surface area contributed by atoms with Gasteiger partial charge in [-0.25, -0.2) is 0 Å². The summed E-state index contributed by atoms with van der Waals surface area (Å²) in [6, 6.07) is 3.15. The first-order valence-corrected chi connectivity index (χ1v) is 6.54. The molecule has 1 aromatic rings. The van der Waals surface area contributed by atoms with Crippen molar-refractivity contribution < 1.29 is 22.7 Å². The van der Waals surface area contributed by atoms with Gasteiger partial charge in [-0.2, -0.15) is 13.2 Å². The van der Waals surface area contributed by atoms with Crippen LogP contribution in [0, 0.1) is 0 Å². The van der Waals surface area contributed by atoms with Gasteiger partial charge in [0.15, 0.2) is 0 Å². The van der Waals surface area contributed by atoms with E-state index in [9.17, 15) is 18.0 Å². The molecule has 7 heteroatoms. The van der Waals surface area contributed by atoms with E-state index in [-0.39, 0.29) is 11.7 Å². The second kappa shape index (κ2) is 5.22. The zero-order valence-corrected chi connectivity index (χ0v) is 11.8. The summed E-state index contributed by atoms with van der Waals surface area (Å²) in [6.45, 7) is 4.13. The largest absolute Gasteiger partial charge is 0.418 e. The Labute approximate surface area is 120 Å². The number of rotatable bonds is 2. The van der Waals surface area contributed by atoms with E-state index in [1.54, 1.807) is 0 Å². The fourth-order valence-electron chi connectivity index (χ4n) is 2.27. The average Bonchev–Trinajstić information content (AvgIpc) is 2.68. The minimum atomic E-state index is -4.59. The molecule has 1 aromatic carbocycles. The molecule has 116 valence electrons. The second-order valence-electron chi connectivity index (χ2n) is 5.43. The fraction of sp³-hybridized carbons (Fsp3) is 0.500. The number of ether oxygens (including phenoxy) is 1. The topological polar surface area (TPSA) is 64.3 Å². The summed E-state index contributed by atoms with van der Waals surface area (Å²) < 4.78 is 43.8. The number of alkyl halides is 3. The number of carbonyl (C=O) groups excluding carboxylic acids is 1. The maximum Gasteiger partial charge on any atom is 0.418 e. The molecule has 1 fully saturated rings. The highest BCUT2D eigenvalue weighted by Gasteiger charge is 2.39. The molecule has 2 unspecified atom stereocenters.